The first-order valence-corrected chi connectivity index (χ1v) is 7.82. The fraction of sp³-hybridized carbons (Fsp3) is 1.00. The first-order chi connectivity index (χ1) is 8.40. The molecular weight excluding hydrogens is 222 g/mol. The van der Waals surface area contributed by atoms with Crippen LogP contribution in [0, 0.1) is 17.3 Å². The number of aliphatic hydroxyl groups excluding tert-OH is 1. The molecule has 0 aromatic heterocycles. The number of hydrogen-bond acceptors (Lipinski definition) is 2. The van der Waals surface area contributed by atoms with Gasteiger partial charge < -0.3 is 10.0 Å². The van der Waals surface area contributed by atoms with Gasteiger partial charge in [-0.15, -0.1) is 0 Å². The molecule has 2 aliphatic rings. The molecule has 2 fully saturated rings. The fourth-order valence-electron chi connectivity index (χ4n) is 3.28. The first-order valence-electron chi connectivity index (χ1n) is 7.82. The summed E-state index contributed by atoms with van der Waals surface area (Å²) in [6.07, 6.45) is 6.34. The summed E-state index contributed by atoms with van der Waals surface area (Å²) in [5, 5.41) is 10.4. The highest BCUT2D eigenvalue weighted by atomic mass is 16.3. The van der Waals surface area contributed by atoms with Crippen molar-refractivity contribution in [1.29, 1.82) is 0 Å². The minimum absolute atomic E-state index is 0.0993. The van der Waals surface area contributed by atoms with Gasteiger partial charge in [0.25, 0.3) is 0 Å². The Morgan fingerprint density at radius 2 is 1.89 bits per heavy atom. The van der Waals surface area contributed by atoms with Crippen molar-refractivity contribution in [3.8, 4) is 0 Å². The van der Waals surface area contributed by atoms with Crippen LogP contribution < -0.4 is 0 Å². The standard InChI is InChI=1S/C16H31NO/c1-12(2)8-10-17(14-5-6-14)11-13-7-9-16(3,4)15(13)18/h12-15,18H,5-11H2,1-4H3. The number of hydrogen-bond donors (Lipinski definition) is 1. The van der Waals surface area contributed by atoms with E-state index in [9.17, 15) is 5.11 Å². The van der Waals surface area contributed by atoms with Gasteiger partial charge in [-0.25, -0.2) is 0 Å². The summed E-state index contributed by atoms with van der Waals surface area (Å²) in [6.45, 7) is 11.4. The zero-order valence-corrected chi connectivity index (χ0v) is 12.7. The molecule has 106 valence electrons. The monoisotopic (exact) mass is 253 g/mol. The topological polar surface area (TPSA) is 23.5 Å². The molecule has 2 unspecified atom stereocenters. The van der Waals surface area contributed by atoms with E-state index in [1.807, 2.05) is 0 Å². The van der Waals surface area contributed by atoms with Gasteiger partial charge in [-0.3, -0.25) is 0 Å². The number of rotatable bonds is 6. The Hall–Kier alpha value is -0.0800. The number of aliphatic hydroxyl groups is 1. The van der Waals surface area contributed by atoms with E-state index in [2.05, 4.69) is 32.6 Å². The minimum Gasteiger partial charge on any atom is -0.392 e. The molecule has 2 aliphatic carbocycles. The Balaban J connectivity index is 1.85. The zero-order valence-electron chi connectivity index (χ0n) is 12.7. The normalized spacial score (nSPS) is 31.5. The van der Waals surface area contributed by atoms with Crippen molar-refractivity contribution in [2.24, 2.45) is 17.3 Å². The van der Waals surface area contributed by atoms with E-state index in [-0.39, 0.29) is 11.5 Å². The predicted molar refractivity (Wildman–Crippen MR) is 76.6 cm³/mol. The largest absolute Gasteiger partial charge is 0.392 e. The molecule has 0 spiro atoms. The van der Waals surface area contributed by atoms with Crippen LogP contribution in [0.4, 0.5) is 0 Å². The van der Waals surface area contributed by atoms with E-state index >= 15 is 0 Å². The molecule has 0 amide bonds. The summed E-state index contributed by atoms with van der Waals surface area (Å²) in [5.41, 5.74) is 0.137. The van der Waals surface area contributed by atoms with Crippen molar-refractivity contribution in [2.75, 3.05) is 13.1 Å². The van der Waals surface area contributed by atoms with Crippen molar-refractivity contribution in [1.82, 2.24) is 4.90 Å². The molecule has 0 heterocycles. The second-order valence-corrected chi connectivity index (χ2v) is 7.64. The molecule has 18 heavy (non-hydrogen) atoms. The van der Waals surface area contributed by atoms with Gasteiger partial charge in [0.1, 0.15) is 0 Å². The van der Waals surface area contributed by atoms with Crippen LogP contribution in [-0.2, 0) is 0 Å². The summed E-state index contributed by atoms with van der Waals surface area (Å²) in [7, 11) is 0. The van der Waals surface area contributed by atoms with E-state index in [0.717, 1.165) is 18.5 Å². The molecule has 0 aromatic rings. The SMILES string of the molecule is CC(C)CCN(CC1CCC(C)(C)C1O)C1CC1. The third-order valence-electron chi connectivity index (χ3n) is 4.93. The van der Waals surface area contributed by atoms with Crippen LogP contribution in [0.5, 0.6) is 0 Å². The Morgan fingerprint density at radius 3 is 2.33 bits per heavy atom. The molecule has 2 atom stereocenters. The highest BCUT2D eigenvalue weighted by molar-refractivity contribution is 4.94. The first kappa shape index (κ1) is 14.3. The lowest BCUT2D eigenvalue weighted by Gasteiger charge is -2.30. The van der Waals surface area contributed by atoms with E-state index in [1.165, 1.54) is 38.6 Å². The van der Waals surface area contributed by atoms with Crippen molar-refractivity contribution >= 4 is 0 Å². The molecule has 0 aliphatic heterocycles. The van der Waals surface area contributed by atoms with E-state index in [4.69, 9.17) is 0 Å². The van der Waals surface area contributed by atoms with Crippen molar-refractivity contribution < 1.29 is 5.11 Å². The van der Waals surface area contributed by atoms with Crippen molar-refractivity contribution in [3.63, 3.8) is 0 Å². The molecule has 0 radical (unpaired) electrons. The molecule has 0 bridgehead atoms. The van der Waals surface area contributed by atoms with Gasteiger partial charge >= 0.3 is 0 Å². The Labute approximate surface area is 113 Å². The molecule has 2 nitrogen and oxygen atoms in total. The third-order valence-corrected chi connectivity index (χ3v) is 4.93. The van der Waals surface area contributed by atoms with Crippen molar-refractivity contribution in [3.05, 3.63) is 0 Å². The lowest BCUT2D eigenvalue weighted by atomic mass is 9.87. The summed E-state index contributed by atoms with van der Waals surface area (Å²) in [5.74, 6) is 1.30. The van der Waals surface area contributed by atoms with Gasteiger partial charge in [-0.05, 0) is 55.9 Å². The zero-order chi connectivity index (χ0) is 13.3. The molecule has 2 heteroatoms. The minimum atomic E-state index is -0.0993. The van der Waals surface area contributed by atoms with E-state index in [0.29, 0.717) is 5.92 Å². The average molecular weight is 253 g/mol. The molecule has 2 saturated carbocycles. The Kier molecular flexibility index (Phi) is 4.38. The Morgan fingerprint density at radius 1 is 1.22 bits per heavy atom. The lowest BCUT2D eigenvalue weighted by Crippen LogP contribution is -2.38. The average Bonchev–Trinajstić information content (AvgIpc) is 3.07. The second-order valence-electron chi connectivity index (χ2n) is 7.64. The van der Waals surface area contributed by atoms with Crippen LogP contribution in [0.15, 0.2) is 0 Å². The van der Waals surface area contributed by atoms with Gasteiger partial charge in [0.15, 0.2) is 0 Å². The molecule has 0 saturated heterocycles. The maximum Gasteiger partial charge on any atom is 0.0631 e. The smallest absolute Gasteiger partial charge is 0.0631 e. The van der Waals surface area contributed by atoms with E-state index < -0.39 is 0 Å². The third kappa shape index (κ3) is 3.48. The van der Waals surface area contributed by atoms with Crippen LogP contribution in [0.1, 0.15) is 59.8 Å². The number of nitrogens with zero attached hydrogens (tertiary/aromatic N) is 1. The summed E-state index contributed by atoms with van der Waals surface area (Å²) < 4.78 is 0. The van der Waals surface area contributed by atoms with Gasteiger partial charge in [-0.2, -0.15) is 0 Å². The second kappa shape index (κ2) is 5.50. The van der Waals surface area contributed by atoms with Crippen LogP contribution in [0.25, 0.3) is 0 Å². The molecular formula is C16H31NO. The molecule has 1 N–H and O–H groups in total. The van der Waals surface area contributed by atoms with E-state index in [1.54, 1.807) is 0 Å². The fourth-order valence-corrected chi connectivity index (χ4v) is 3.28. The Bertz CT molecular complexity index is 270. The van der Waals surface area contributed by atoms with Crippen LogP contribution in [0.3, 0.4) is 0 Å². The molecule has 0 aromatic carbocycles. The van der Waals surface area contributed by atoms with Crippen LogP contribution in [-0.4, -0.2) is 35.2 Å². The highest BCUT2D eigenvalue weighted by Crippen LogP contribution is 2.42. The van der Waals surface area contributed by atoms with Gasteiger partial charge in [-0.1, -0.05) is 27.7 Å². The maximum atomic E-state index is 10.4. The molecule has 2 rings (SSSR count). The van der Waals surface area contributed by atoms with Gasteiger partial charge in [0.05, 0.1) is 6.10 Å². The quantitative estimate of drug-likeness (QED) is 0.785. The van der Waals surface area contributed by atoms with Gasteiger partial charge in [0, 0.05) is 12.6 Å². The van der Waals surface area contributed by atoms with Crippen molar-refractivity contribution in [2.45, 2.75) is 71.9 Å². The van der Waals surface area contributed by atoms with Crippen LogP contribution in [0.2, 0.25) is 0 Å². The van der Waals surface area contributed by atoms with Crippen LogP contribution >= 0.6 is 0 Å². The van der Waals surface area contributed by atoms with Gasteiger partial charge in [0.2, 0.25) is 0 Å². The lowest BCUT2D eigenvalue weighted by molar-refractivity contribution is 0.0309. The summed E-state index contributed by atoms with van der Waals surface area (Å²) in [4.78, 5) is 2.66. The summed E-state index contributed by atoms with van der Waals surface area (Å²) in [6, 6.07) is 0.833. The summed E-state index contributed by atoms with van der Waals surface area (Å²) >= 11 is 0. The maximum absolute atomic E-state index is 10.4. The highest BCUT2D eigenvalue weighted by Gasteiger charge is 2.42. The predicted octanol–water partition coefficient (Wildman–Crippen LogP) is 3.29.